The van der Waals surface area contributed by atoms with Crippen LogP contribution in [0.3, 0.4) is 0 Å². The number of fused-ring (bicyclic) bond motifs is 1. The molecule has 4 nitrogen and oxygen atoms in total. The fourth-order valence-corrected chi connectivity index (χ4v) is 3.30. The lowest BCUT2D eigenvalue weighted by Gasteiger charge is -2.09. The minimum Gasteiger partial charge on any atom is -0.267 e. The molecule has 0 unspecified atom stereocenters. The molecule has 0 aliphatic heterocycles. The number of carbonyl (C=O) groups excluding carboxylic acids is 1. The summed E-state index contributed by atoms with van der Waals surface area (Å²) in [6, 6.07) is 24.4. The number of hydrogen-bond donors (Lipinski definition) is 1. The van der Waals surface area contributed by atoms with Crippen LogP contribution in [-0.4, -0.2) is 17.1 Å². The van der Waals surface area contributed by atoms with Gasteiger partial charge in [0.1, 0.15) is 0 Å². The maximum Gasteiger partial charge on any atom is 0.272 e. The van der Waals surface area contributed by atoms with E-state index in [4.69, 9.17) is 16.6 Å². The quantitative estimate of drug-likeness (QED) is 0.294. The van der Waals surface area contributed by atoms with Crippen LogP contribution in [0.25, 0.3) is 22.2 Å². The average molecular weight is 465 g/mol. The molecule has 1 aromatic heterocycles. The van der Waals surface area contributed by atoms with Crippen molar-refractivity contribution in [2.45, 2.75) is 0 Å². The highest BCUT2D eigenvalue weighted by atomic mass is 79.9. The van der Waals surface area contributed by atoms with Crippen LogP contribution in [-0.2, 0) is 0 Å². The number of para-hydroxylation sites is 1. The molecular weight excluding hydrogens is 450 g/mol. The van der Waals surface area contributed by atoms with Crippen LogP contribution in [0, 0.1) is 0 Å². The number of nitrogens with one attached hydrogen (secondary N) is 1. The fraction of sp³-hybridized carbons (Fsp3) is 0. The average Bonchev–Trinajstić information content (AvgIpc) is 2.75. The summed E-state index contributed by atoms with van der Waals surface area (Å²) in [5.41, 5.74) is 6.36. The van der Waals surface area contributed by atoms with E-state index < -0.39 is 0 Å². The third-order valence-electron chi connectivity index (χ3n) is 4.35. The Morgan fingerprint density at radius 1 is 1.00 bits per heavy atom. The van der Waals surface area contributed by atoms with Gasteiger partial charge in [0.2, 0.25) is 0 Å². The molecule has 3 aromatic carbocycles. The molecule has 142 valence electrons. The van der Waals surface area contributed by atoms with E-state index in [1.807, 2.05) is 60.7 Å². The molecule has 29 heavy (non-hydrogen) atoms. The van der Waals surface area contributed by atoms with Crippen LogP contribution >= 0.6 is 27.5 Å². The molecule has 4 aromatic rings. The lowest BCUT2D eigenvalue weighted by Crippen LogP contribution is -2.18. The molecule has 0 bridgehead atoms. The van der Waals surface area contributed by atoms with E-state index in [0.717, 1.165) is 32.2 Å². The summed E-state index contributed by atoms with van der Waals surface area (Å²) >= 11 is 9.32. The molecule has 0 fully saturated rings. The van der Waals surface area contributed by atoms with Gasteiger partial charge in [-0.05, 0) is 42.0 Å². The standard InChI is InChI=1S/C23H15BrClN3O/c24-17-9-7-16(8-10-17)22-13-20(19-3-1-2-4-21(19)27-22)23(29)28-26-14-15-5-11-18(25)12-6-15/h1-14H,(H,28,29)/b26-14+. The molecule has 0 aliphatic carbocycles. The molecule has 1 N–H and O–H groups in total. The maximum atomic E-state index is 12.9. The molecule has 0 aliphatic rings. The maximum absolute atomic E-state index is 12.9. The molecule has 1 heterocycles. The number of amides is 1. The van der Waals surface area contributed by atoms with Crippen LogP contribution < -0.4 is 5.43 Å². The number of pyridine rings is 1. The minimum atomic E-state index is -0.299. The summed E-state index contributed by atoms with van der Waals surface area (Å²) in [4.78, 5) is 17.6. The Morgan fingerprint density at radius 2 is 1.72 bits per heavy atom. The zero-order chi connectivity index (χ0) is 20.2. The third-order valence-corrected chi connectivity index (χ3v) is 5.13. The Bertz CT molecular complexity index is 1210. The predicted molar refractivity (Wildman–Crippen MR) is 121 cm³/mol. The van der Waals surface area contributed by atoms with Crippen molar-refractivity contribution in [3.63, 3.8) is 0 Å². The first-order valence-corrected chi connectivity index (χ1v) is 10.0. The van der Waals surface area contributed by atoms with E-state index in [-0.39, 0.29) is 5.91 Å². The van der Waals surface area contributed by atoms with Crippen molar-refractivity contribution >= 4 is 50.6 Å². The minimum absolute atomic E-state index is 0.299. The lowest BCUT2D eigenvalue weighted by molar-refractivity contribution is 0.0957. The zero-order valence-corrected chi connectivity index (χ0v) is 17.5. The van der Waals surface area contributed by atoms with Gasteiger partial charge in [-0.2, -0.15) is 5.10 Å². The Morgan fingerprint density at radius 3 is 2.48 bits per heavy atom. The van der Waals surface area contributed by atoms with E-state index in [1.54, 1.807) is 24.4 Å². The zero-order valence-electron chi connectivity index (χ0n) is 15.1. The summed E-state index contributed by atoms with van der Waals surface area (Å²) in [5, 5.41) is 5.49. The number of rotatable bonds is 4. The fourth-order valence-electron chi connectivity index (χ4n) is 2.91. The van der Waals surface area contributed by atoms with Gasteiger partial charge in [0.05, 0.1) is 23.0 Å². The Labute approximate surface area is 181 Å². The van der Waals surface area contributed by atoms with Gasteiger partial charge in [0.15, 0.2) is 0 Å². The SMILES string of the molecule is O=C(N/N=C/c1ccc(Cl)cc1)c1cc(-c2ccc(Br)cc2)nc2ccccc12. The van der Waals surface area contributed by atoms with Crippen LogP contribution in [0.15, 0.2) is 88.4 Å². The summed E-state index contributed by atoms with van der Waals surface area (Å²) in [7, 11) is 0. The van der Waals surface area contributed by atoms with Crippen molar-refractivity contribution in [1.29, 1.82) is 0 Å². The topological polar surface area (TPSA) is 54.4 Å². The van der Waals surface area contributed by atoms with E-state index >= 15 is 0 Å². The smallest absolute Gasteiger partial charge is 0.267 e. The number of aromatic nitrogens is 1. The van der Waals surface area contributed by atoms with E-state index in [1.165, 1.54) is 0 Å². The molecule has 0 saturated heterocycles. The third kappa shape index (κ3) is 4.53. The largest absolute Gasteiger partial charge is 0.272 e. The van der Waals surface area contributed by atoms with Crippen LogP contribution in [0.2, 0.25) is 5.02 Å². The van der Waals surface area contributed by atoms with Gasteiger partial charge in [0, 0.05) is 20.4 Å². The second-order valence-corrected chi connectivity index (χ2v) is 7.68. The second-order valence-electron chi connectivity index (χ2n) is 6.33. The predicted octanol–water partition coefficient (Wildman–Crippen LogP) is 6.08. The molecule has 4 rings (SSSR count). The van der Waals surface area contributed by atoms with Crippen molar-refractivity contribution in [1.82, 2.24) is 10.4 Å². The van der Waals surface area contributed by atoms with Gasteiger partial charge >= 0.3 is 0 Å². The normalized spacial score (nSPS) is 11.1. The first-order valence-electron chi connectivity index (χ1n) is 8.85. The Kier molecular flexibility index (Phi) is 5.69. The first-order chi connectivity index (χ1) is 14.1. The highest BCUT2D eigenvalue weighted by Crippen LogP contribution is 2.26. The van der Waals surface area contributed by atoms with E-state index in [0.29, 0.717) is 10.6 Å². The van der Waals surface area contributed by atoms with Crippen molar-refractivity contribution in [2.75, 3.05) is 0 Å². The number of hydrazone groups is 1. The summed E-state index contributed by atoms with van der Waals surface area (Å²) in [6.45, 7) is 0. The lowest BCUT2D eigenvalue weighted by atomic mass is 10.0. The summed E-state index contributed by atoms with van der Waals surface area (Å²) in [5.74, 6) is -0.299. The van der Waals surface area contributed by atoms with E-state index in [2.05, 4.69) is 26.5 Å². The van der Waals surface area contributed by atoms with Gasteiger partial charge in [0.25, 0.3) is 5.91 Å². The number of benzene rings is 3. The molecule has 0 saturated carbocycles. The van der Waals surface area contributed by atoms with Gasteiger partial charge in [-0.1, -0.05) is 70.0 Å². The van der Waals surface area contributed by atoms with Crippen molar-refractivity contribution < 1.29 is 4.79 Å². The molecule has 6 heteroatoms. The van der Waals surface area contributed by atoms with Gasteiger partial charge in [-0.25, -0.2) is 10.4 Å². The summed E-state index contributed by atoms with van der Waals surface area (Å²) < 4.78 is 0.983. The number of halogens is 2. The van der Waals surface area contributed by atoms with E-state index in [9.17, 15) is 4.79 Å². The number of carbonyl (C=O) groups is 1. The first kappa shape index (κ1) is 19.3. The molecule has 1 amide bonds. The molecule has 0 radical (unpaired) electrons. The van der Waals surface area contributed by atoms with Crippen molar-refractivity contribution in [2.24, 2.45) is 5.10 Å². The van der Waals surface area contributed by atoms with Gasteiger partial charge in [-0.15, -0.1) is 0 Å². The highest BCUT2D eigenvalue weighted by molar-refractivity contribution is 9.10. The van der Waals surface area contributed by atoms with Crippen LogP contribution in [0.5, 0.6) is 0 Å². The van der Waals surface area contributed by atoms with Crippen LogP contribution in [0.1, 0.15) is 15.9 Å². The Hall–Kier alpha value is -3.02. The van der Waals surface area contributed by atoms with Crippen LogP contribution in [0.4, 0.5) is 0 Å². The number of nitrogens with zero attached hydrogens (tertiary/aromatic N) is 2. The molecular formula is C23H15BrClN3O. The number of hydrogen-bond acceptors (Lipinski definition) is 3. The Balaban J connectivity index is 1.67. The molecule has 0 spiro atoms. The monoisotopic (exact) mass is 463 g/mol. The molecule has 0 atom stereocenters. The summed E-state index contributed by atoms with van der Waals surface area (Å²) in [6.07, 6.45) is 1.58. The van der Waals surface area contributed by atoms with Crippen molar-refractivity contribution in [3.8, 4) is 11.3 Å². The van der Waals surface area contributed by atoms with Crippen molar-refractivity contribution in [3.05, 3.63) is 99.5 Å². The van der Waals surface area contributed by atoms with Gasteiger partial charge in [-0.3, -0.25) is 4.79 Å². The van der Waals surface area contributed by atoms with Gasteiger partial charge < -0.3 is 0 Å². The second kappa shape index (κ2) is 8.55. The highest BCUT2D eigenvalue weighted by Gasteiger charge is 2.13.